The van der Waals surface area contributed by atoms with Crippen LogP contribution in [0.25, 0.3) is 5.65 Å². The minimum atomic E-state index is -0.346. The summed E-state index contributed by atoms with van der Waals surface area (Å²) in [5.41, 5.74) is 3.04. The van der Waals surface area contributed by atoms with Crippen LogP contribution in [0.15, 0.2) is 30.9 Å². The highest BCUT2D eigenvalue weighted by molar-refractivity contribution is 6.29. The third-order valence-electron chi connectivity index (χ3n) is 5.10. The lowest BCUT2D eigenvalue weighted by Gasteiger charge is -2.17. The number of halogens is 1. The smallest absolute Gasteiger partial charge is 0.331 e. The van der Waals surface area contributed by atoms with Crippen molar-refractivity contribution in [2.75, 3.05) is 18.5 Å². The number of hydrogen-bond acceptors (Lipinski definition) is 6. The number of imide groups is 1. The van der Waals surface area contributed by atoms with Crippen molar-refractivity contribution in [1.82, 2.24) is 24.3 Å². The third kappa shape index (κ3) is 3.27. The lowest BCUT2D eigenvalue weighted by atomic mass is 10.1. The second-order valence-electron chi connectivity index (χ2n) is 7.19. The number of nitrogens with zero attached hydrogens (tertiary/aromatic N) is 6. The van der Waals surface area contributed by atoms with Gasteiger partial charge in [0, 0.05) is 25.5 Å². The molecule has 0 radical (unpaired) electrons. The van der Waals surface area contributed by atoms with Crippen LogP contribution >= 0.6 is 11.6 Å². The van der Waals surface area contributed by atoms with Gasteiger partial charge < -0.3 is 9.14 Å². The van der Waals surface area contributed by atoms with Crippen LogP contribution in [0.3, 0.4) is 0 Å². The summed E-state index contributed by atoms with van der Waals surface area (Å²) in [7, 11) is 1.49. The molecule has 1 saturated carbocycles. The van der Waals surface area contributed by atoms with Gasteiger partial charge in [-0.3, -0.25) is 14.6 Å². The first-order valence-electron chi connectivity index (χ1n) is 9.19. The van der Waals surface area contributed by atoms with Gasteiger partial charge >= 0.3 is 6.03 Å². The van der Waals surface area contributed by atoms with Gasteiger partial charge in [0.05, 0.1) is 11.4 Å². The van der Waals surface area contributed by atoms with Crippen LogP contribution in [-0.2, 0) is 11.4 Å². The molecule has 5 rings (SSSR count). The van der Waals surface area contributed by atoms with Crippen LogP contribution < -0.4 is 9.64 Å². The van der Waals surface area contributed by atoms with E-state index in [1.54, 1.807) is 0 Å². The Bertz CT molecular complexity index is 1140. The molecule has 0 spiro atoms. The largest absolute Gasteiger partial charge is 0.471 e. The SMILES string of the molecule is CN1C(=O)CN(c2cc(C3CC3)cn3cc(COc4cc(Cl)ncn4)nc23)C1=O. The van der Waals surface area contributed by atoms with Crippen molar-refractivity contribution in [1.29, 1.82) is 0 Å². The van der Waals surface area contributed by atoms with E-state index in [2.05, 4.69) is 15.0 Å². The number of anilines is 1. The van der Waals surface area contributed by atoms with E-state index < -0.39 is 0 Å². The number of urea groups is 1. The van der Waals surface area contributed by atoms with Crippen LogP contribution in [0, 0.1) is 0 Å². The number of ether oxygens (including phenoxy) is 1. The summed E-state index contributed by atoms with van der Waals surface area (Å²) in [6.07, 6.45) is 7.46. The van der Waals surface area contributed by atoms with Crippen LogP contribution in [0.2, 0.25) is 5.15 Å². The molecular weight excluding hydrogens is 396 g/mol. The molecule has 148 valence electrons. The van der Waals surface area contributed by atoms with Crippen LogP contribution in [0.1, 0.15) is 30.0 Å². The fourth-order valence-electron chi connectivity index (χ4n) is 3.39. The Labute approximate surface area is 170 Å². The maximum atomic E-state index is 12.5. The van der Waals surface area contributed by atoms with Gasteiger partial charge in [-0.25, -0.2) is 19.7 Å². The van der Waals surface area contributed by atoms with Gasteiger partial charge in [0.15, 0.2) is 5.65 Å². The summed E-state index contributed by atoms with van der Waals surface area (Å²) in [6, 6.07) is 3.15. The van der Waals surface area contributed by atoms with Crippen LogP contribution in [-0.4, -0.2) is 49.8 Å². The number of carbonyl (C=O) groups is 2. The summed E-state index contributed by atoms with van der Waals surface area (Å²) in [5.74, 6) is 0.596. The Morgan fingerprint density at radius 1 is 1.21 bits per heavy atom. The van der Waals surface area contributed by atoms with Crippen LogP contribution in [0.5, 0.6) is 5.88 Å². The number of imidazole rings is 1. The van der Waals surface area contributed by atoms with Gasteiger partial charge in [-0.15, -0.1) is 0 Å². The van der Waals surface area contributed by atoms with Crippen molar-refractivity contribution in [3.05, 3.63) is 47.3 Å². The molecule has 3 amide bonds. The zero-order valence-electron chi connectivity index (χ0n) is 15.6. The molecular formula is C19H17ClN6O3. The van der Waals surface area contributed by atoms with E-state index in [-0.39, 0.29) is 25.1 Å². The first-order valence-corrected chi connectivity index (χ1v) is 9.57. The molecule has 0 aromatic carbocycles. The zero-order valence-corrected chi connectivity index (χ0v) is 16.3. The Morgan fingerprint density at radius 3 is 2.72 bits per heavy atom. The number of carbonyl (C=O) groups excluding carboxylic acids is 2. The zero-order chi connectivity index (χ0) is 20.1. The Kier molecular flexibility index (Phi) is 4.13. The lowest BCUT2D eigenvalue weighted by molar-refractivity contribution is -0.123. The molecule has 0 N–H and O–H groups in total. The quantitative estimate of drug-likeness (QED) is 0.472. The average molecular weight is 413 g/mol. The molecule has 9 nitrogen and oxygen atoms in total. The average Bonchev–Trinajstić information content (AvgIpc) is 3.42. The minimum absolute atomic E-state index is 0.0112. The molecule has 0 atom stereocenters. The fraction of sp³-hybridized carbons (Fsp3) is 0.316. The fourth-order valence-corrected chi connectivity index (χ4v) is 3.53. The van der Waals surface area contributed by atoms with Crippen molar-refractivity contribution in [3.63, 3.8) is 0 Å². The monoisotopic (exact) mass is 412 g/mol. The molecule has 1 saturated heterocycles. The van der Waals surface area contributed by atoms with E-state index in [1.165, 1.54) is 24.3 Å². The van der Waals surface area contributed by atoms with Gasteiger partial charge in [-0.2, -0.15) is 0 Å². The highest BCUT2D eigenvalue weighted by Gasteiger charge is 2.36. The summed E-state index contributed by atoms with van der Waals surface area (Å²) < 4.78 is 7.55. The summed E-state index contributed by atoms with van der Waals surface area (Å²) in [5, 5.41) is 0.294. The van der Waals surface area contributed by atoms with E-state index in [9.17, 15) is 9.59 Å². The first kappa shape index (κ1) is 17.9. The van der Waals surface area contributed by atoms with Gasteiger partial charge in [0.1, 0.15) is 24.6 Å². The second kappa shape index (κ2) is 6.70. The molecule has 3 aromatic heterocycles. The summed E-state index contributed by atoms with van der Waals surface area (Å²) in [6.45, 7) is 0.192. The number of rotatable bonds is 5. The van der Waals surface area contributed by atoms with E-state index in [0.717, 1.165) is 23.3 Å². The molecule has 2 aliphatic rings. The van der Waals surface area contributed by atoms with E-state index in [0.29, 0.717) is 34.0 Å². The summed E-state index contributed by atoms with van der Waals surface area (Å²) >= 11 is 5.85. The minimum Gasteiger partial charge on any atom is -0.471 e. The number of hydrogen-bond donors (Lipinski definition) is 0. The molecule has 3 aromatic rings. The Hall–Kier alpha value is -3.20. The molecule has 4 heterocycles. The molecule has 0 unspecified atom stereocenters. The maximum Gasteiger partial charge on any atom is 0.331 e. The van der Waals surface area contributed by atoms with Gasteiger partial charge in [-0.05, 0) is 30.4 Å². The highest BCUT2D eigenvalue weighted by atomic mass is 35.5. The molecule has 29 heavy (non-hydrogen) atoms. The van der Waals surface area contributed by atoms with Crippen molar-refractivity contribution < 1.29 is 14.3 Å². The Morgan fingerprint density at radius 2 is 2.03 bits per heavy atom. The van der Waals surface area contributed by atoms with Crippen molar-refractivity contribution in [3.8, 4) is 5.88 Å². The van der Waals surface area contributed by atoms with Gasteiger partial charge in [0.25, 0.3) is 0 Å². The van der Waals surface area contributed by atoms with Crippen molar-refractivity contribution in [2.45, 2.75) is 25.4 Å². The van der Waals surface area contributed by atoms with Gasteiger partial charge in [0.2, 0.25) is 11.8 Å². The van der Waals surface area contributed by atoms with E-state index in [1.807, 2.05) is 22.9 Å². The first-order chi connectivity index (χ1) is 14.0. The normalized spacial score (nSPS) is 16.9. The highest BCUT2D eigenvalue weighted by Crippen LogP contribution is 2.42. The number of fused-ring (bicyclic) bond motifs is 1. The maximum absolute atomic E-state index is 12.5. The number of pyridine rings is 1. The van der Waals surface area contributed by atoms with Crippen molar-refractivity contribution in [2.24, 2.45) is 0 Å². The van der Waals surface area contributed by atoms with Gasteiger partial charge in [-0.1, -0.05) is 11.6 Å². The molecule has 2 fully saturated rings. The predicted molar refractivity (Wildman–Crippen MR) is 104 cm³/mol. The van der Waals surface area contributed by atoms with Crippen molar-refractivity contribution >= 4 is 34.9 Å². The topological polar surface area (TPSA) is 92.9 Å². The third-order valence-corrected chi connectivity index (χ3v) is 5.31. The lowest BCUT2D eigenvalue weighted by Crippen LogP contribution is -2.30. The number of likely N-dealkylation sites (N-methyl/N-ethyl adjacent to an activating group) is 1. The number of amides is 3. The molecule has 10 heteroatoms. The molecule has 0 bridgehead atoms. The van der Waals surface area contributed by atoms with Crippen LogP contribution in [0.4, 0.5) is 10.5 Å². The predicted octanol–water partition coefficient (Wildman–Crippen LogP) is 2.63. The second-order valence-corrected chi connectivity index (χ2v) is 7.57. The molecule has 1 aliphatic heterocycles. The Balaban J connectivity index is 1.50. The number of aromatic nitrogens is 4. The molecule has 1 aliphatic carbocycles. The standard InChI is InChI=1S/C19H17ClN6O3/c1-24-17(27)8-26(19(24)28)14-4-12(11-2-3-11)6-25-7-13(23-18(14)25)9-29-16-5-15(20)21-10-22-16/h4-7,10-11H,2-3,8-9H2,1H3. The summed E-state index contributed by atoms with van der Waals surface area (Å²) in [4.78, 5) is 39.7. The van der Waals surface area contributed by atoms with E-state index >= 15 is 0 Å². The van der Waals surface area contributed by atoms with E-state index in [4.69, 9.17) is 16.3 Å².